The van der Waals surface area contributed by atoms with E-state index in [1.54, 1.807) is 18.1 Å². The van der Waals surface area contributed by atoms with Gasteiger partial charge in [0.2, 0.25) is 0 Å². The Labute approximate surface area is 104 Å². The number of nitrogens with zero attached hydrogens (tertiary/aromatic N) is 3. The van der Waals surface area contributed by atoms with Crippen LogP contribution >= 0.6 is 0 Å². The number of likely N-dealkylation sites (N-methyl/N-ethyl adjacent to an activating group) is 1. The summed E-state index contributed by atoms with van der Waals surface area (Å²) in [6, 6.07) is 0.225. The van der Waals surface area contributed by atoms with Crippen molar-refractivity contribution in [2.45, 2.75) is 39.3 Å². The SMILES string of the molecule is CNC(Cc1ncnn1C)C(OC)C(C)(C)C. The quantitative estimate of drug-likeness (QED) is 0.834. The highest BCUT2D eigenvalue weighted by atomic mass is 16.5. The molecule has 0 aliphatic heterocycles. The van der Waals surface area contributed by atoms with Crippen LogP contribution in [0.3, 0.4) is 0 Å². The number of hydrogen-bond acceptors (Lipinski definition) is 4. The van der Waals surface area contributed by atoms with E-state index in [1.807, 2.05) is 14.1 Å². The molecule has 0 aliphatic carbocycles. The van der Waals surface area contributed by atoms with Crippen molar-refractivity contribution in [1.29, 1.82) is 0 Å². The van der Waals surface area contributed by atoms with Crippen LogP contribution in [0, 0.1) is 5.41 Å². The predicted molar refractivity (Wildman–Crippen MR) is 67.8 cm³/mol. The lowest BCUT2D eigenvalue weighted by atomic mass is 9.83. The summed E-state index contributed by atoms with van der Waals surface area (Å²) in [5.74, 6) is 0.968. The Morgan fingerprint density at radius 2 is 2.12 bits per heavy atom. The van der Waals surface area contributed by atoms with Crippen molar-refractivity contribution in [1.82, 2.24) is 20.1 Å². The molecule has 0 bridgehead atoms. The second-order valence-electron chi connectivity index (χ2n) is 5.42. The minimum absolute atomic E-state index is 0.0843. The third kappa shape index (κ3) is 3.51. The molecule has 1 N–H and O–H groups in total. The van der Waals surface area contributed by atoms with E-state index < -0.39 is 0 Å². The topological polar surface area (TPSA) is 52.0 Å². The number of hydrogen-bond donors (Lipinski definition) is 1. The molecule has 17 heavy (non-hydrogen) atoms. The predicted octanol–water partition coefficient (Wildman–Crippen LogP) is 1.01. The van der Waals surface area contributed by atoms with E-state index in [1.165, 1.54) is 0 Å². The maximum atomic E-state index is 5.64. The molecule has 2 unspecified atom stereocenters. The highest BCUT2D eigenvalue weighted by Gasteiger charge is 2.32. The van der Waals surface area contributed by atoms with Crippen LogP contribution in [0.5, 0.6) is 0 Å². The Hall–Kier alpha value is -0.940. The number of aryl methyl sites for hydroxylation is 1. The molecule has 1 aromatic heterocycles. The molecule has 1 rings (SSSR count). The van der Waals surface area contributed by atoms with Gasteiger partial charge >= 0.3 is 0 Å². The fourth-order valence-corrected chi connectivity index (χ4v) is 2.18. The lowest BCUT2D eigenvalue weighted by molar-refractivity contribution is -0.00981. The molecule has 0 saturated carbocycles. The zero-order valence-corrected chi connectivity index (χ0v) is 11.7. The van der Waals surface area contributed by atoms with Crippen LogP contribution in [0.15, 0.2) is 6.33 Å². The van der Waals surface area contributed by atoms with E-state index in [2.05, 4.69) is 36.2 Å². The third-order valence-corrected chi connectivity index (χ3v) is 3.05. The molecule has 2 atom stereocenters. The summed E-state index contributed by atoms with van der Waals surface area (Å²) in [6.07, 6.45) is 2.52. The standard InChI is InChI=1S/C12H24N4O/c1-12(2,3)11(17-6)9(13-4)7-10-14-8-15-16(10)5/h8-9,11,13H,7H2,1-6H3. The first-order valence-electron chi connectivity index (χ1n) is 5.93. The van der Waals surface area contributed by atoms with Crippen molar-refractivity contribution in [3.63, 3.8) is 0 Å². The van der Waals surface area contributed by atoms with E-state index >= 15 is 0 Å². The van der Waals surface area contributed by atoms with Crippen LogP contribution in [-0.4, -0.2) is 41.1 Å². The van der Waals surface area contributed by atoms with Gasteiger partial charge < -0.3 is 10.1 Å². The van der Waals surface area contributed by atoms with Gasteiger partial charge in [-0.1, -0.05) is 20.8 Å². The van der Waals surface area contributed by atoms with Crippen LogP contribution in [0.25, 0.3) is 0 Å². The summed E-state index contributed by atoms with van der Waals surface area (Å²) in [6.45, 7) is 6.55. The Balaban J connectivity index is 2.81. The van der Waals surface area contributed by atoms with Crippen molar-refractivity contribution >= 4 is 0 Å². The Kier molecular flexibility index (Phi) is 4.65. The number of aromatic nitrogens is 3. The van der Waals surface area contributed by atoms with Gasteiger partial charge in [-0.25, -0.2) is 4.98 Å². The van der Waals surface area contributed by atoms with Crippen molar-refractivity contribution in [2.24, 2.45) is 12.5 Å². The lowest BCUT2D eigenvalue weighted by Gasteiger charge is -2.35. The number of methoxy groups -OCH3 is 1. The largest absolute Gasteiger partial charge is 0.379 e. The maximum absolute atomic E-state index is 5.64. The summed E-state index contributed by atoms with van der Waals surface area (Å²) in [5.41, 5.74) is 0.0843. The fraction of sp³-hybridized carbons (Fsp3) is 0.833. The maximum Gasteiger partial charge on any atom is 0.138 e. The van der Waals surface area contributed by atoms with E-state index in [0.717, 1.165) is 12.2 Å². The normalized spacial score (nSPS) is 15.9. The molecule has 0 radical (unpaired) electrons. The van der Waals surface area contributed by atoms with Crippen LogP contribution in [0.1, 0.15) is 26.6 Å². The van der Waals surface area contributed by atoms with Crippen LogP contribution in [-0.2, 0) is 18.2 Å². The first-order valence-corrected chi connectivity index (χ1v) is 5.93. The molecule has 5 heteroatoms. The third-order valence-electron chi connectivity index (χ3n) is 3.05. The van der Waals surface area contributed by atoms with Gasteiger partial charge in [-0.2, -0.15) is 5.10 Å². The summed E-state index contributed by atoms with van der Waals surface area (Å²) >= 11 is 0. The molecule has 0 aromatic carbocycles. The Bertz CT molecular complexity index is 343. The molecular formula is C12H24N4O. The Morgan fingerprint density at radius 1 is 1.47 bits per heavy atom. The zero-order valence-electron chi connectivity index (χ0n) is 11.7. The summed E-state index contributed by atoms with van der Waals surface area (Å²) in [7, 11) is 5.63. The summed E-state index contributed by atoms with van der Waals surface area (Å²) < 4.78 is 7.44. The number of ether oxygens (including phenoxy) is 1. The zero-order chi connectivity index (χ0) is 13.1. The molecule has 0 spiro atoms. The molecule has 5 nitrogen and oxygen atoms in total. The molecule has 0 saturated heterocycles. The van der Waals surface area contributed by atoms with E-state index in [4.69, 9.17) is 4.74 Å². The van der Waals surface area contributed by atoms with Gasteiger partial charge in [0.05, 0.1) is 6.10 Å². The highest BCUT2D eigenvalue weighted by Crippen LogP contribution is 2.25. The van der Waals surface area contributed by atoms with Crippen LogP contribution < -0.4 is 5.32 Å². The molecule has 0 amide bonds. The van der Waals surface area contributed by atoms with Gasteiger partial charge in [-0.3, -0.25) is 4.68 Å². The van der Waals surface area contributed by atoms with Gasteiger partial charge in [0.25, 0.3) is 0 Å². The van der Waals surface area contributed by atoms with Crippen LogP contribution in [0.2, 0.25) is 0 Å². The van der Waals surface area contributed by atoms with Gasteiger partial charge in [-0.05, 0) is 12.5 Å². The van der Waals surface area contributed by atoms with Gasteiger partial charge in [0, 0.05) is 26.6 Å². The Morgan fingerprint density at radius 3 is 2.47 bits per heavy atom. The monoisotopic (exact) mass is 240 g/mol. The number of nitrogens with one attached hydrogen (secondary N) is 1. The van der Waals surface area contributed by atoms with Gasteiger partial charge in [0.15, 0.2) is 0 Å². The highest BCUT2D eigenvalue weighted by molar-refractivity contribution is 4.95. The lowest BCUT2D eigenvalue weighted by Crippen LogP contribution is -2.48. The van der Waals surface area contributed by atoms with Crippen LogP contribution in [0.4, 0.5) is 0 Å². The first kappa shape index (κ1) is 14.1. The molecule has 1 heterocycles. The van der Waals surface area contributed by atoms with E-state index in [0.29, 0.717) is 0 Å². The molecular weight excluding hydrogens is 216 g/mol. The average Bonchev–Trinajstić information content (AvgIpc) is 2.62. The van der Waals surface area contributed by atoms with E-state index in [-0.39, 0.29) is 17.6 Å². The first-order chi connectivity index (χ1) is 7.90. The average molecular weight is 240 g/mol. The second kappa shape index (κ2) is 5.60. The summed E-state index contributed by atoms with van der Waals surface area (Å²) in [4.78, 5) is 4.26. The van der Waals surface area contributed by atoms with Gasteiger partial charge in [-0.15, -0.1) is 0 Å². The van der Waals surface area contributed by atoms with Crippen molar-refractivity contribution in [2.75, 3.05) is 14.2 Å². The molecule has 0 aliphatic rings. The van der Waals surface area contributed by atoms with Gasteiger partial charge in [0.1, 0.15) is 12.2 Å². The fourth-order valence-electron chi connectivity index (χ4n) is 2.18. The van der Waals surface area contributed by atoms with Crippen molar-refractivity contribution < 1.29 is 4.74 Å². The number of rotatable bonds is 5. The molecule has 0 fully saturated rings. The van der Waals surface area contributed by atoms with E-state index in [9.17, 15) is 0 Å². The van der Waals surface area contributed by atoms with Crippen molar-refractivity contribution in [3.8, 4) is 0 Å². The summed E-state index contributed by atoms with van der Waals surface area (Å²) in [5, 5.41) is 7.41. The minimum Gasteiger partial charge on any atom is -0.379 e. The smallest absolute Gasteiger partial charge is 0.138 e. The molecule has 98 valence electrons. The van der Waals surface area contributed by atoms with Crippen molar-refractivity contribution in [3.05, 3.63) is 12.2 Å². The molecule has 1 aromatic rings. The minimum atomic E-state index is 0.0843. The second-order valence-corrected chi connectivity index (χ2v) is 5.42.